The van der Waals surface area contributed by atoms with E-state index in [2.05, 4.69) is 39.5 Å². The van der Waals surface area contributed by atoms with Crippen molar-refractivity contribution >= 4 is 11.8 Å². The summed E-state index contributed by atoms with van der Waals surface area (Å²) in [5, 5.41) is 0. The predicted octanol–water partition coefficient (Wildman–Crippen LogP) is 4.71. The largest absolute Gasteiger partial charge is 0.374 e. The second-order valence-electron chi connectivity index (χ2n) is 11.6. The highest BCUT2D eigenvalue weighted by Crippen LogP contribution is 2.21. The van der Waals surface area contributed by atoms with Gasteiger partial charge in [-0.2, -0.15) is 0 Å². The molecule has 33 heavy (non-hydrogen) atoms. The van der Waals surface area contributed by atoms with Crippen molar-refractivity contribution in [1.29, 1.82) is 0 Å². The van der Waals surface area contributed by atoms with Crippen LogP contribution in [-0.2, 0) is 14.3 Å². The number of likely N-dealkylation sites (tertiary alicyclic amines) is 1. The predicted molar refractivity (Wildman–Crippen MR) is 135 cm³/mol. The number of hydrogen-bond donors (Lipinski definition) is 0. The number of unbranched alkanes of at least 4 members (excludes halogenated alkanes) is 6. The molecule has 192 valence electrons. The van der Waals surface area contributed by atoms with E-state index in [0.29, 0.717) is 51.2 Å². The number of nitrogens with zero attached hydrogens (tertiary/aromatic N) is 3. The van der Waals surface area contributed by atoms with Gasteiger partial charge in [0.15, 0.2) is 0 Å². The Morgan fingerprint density at radius 1 is 0.818 bits per heavy atom. The molecule has 0 N–H and O–H groups in total. The lowest BCUT2D eigenvalue weighted by molar-refractivity contribution is -0.140. The highest BCUT2D eigenvalue weighted by molar-refractivity contribution is 5.78. The highest BCUT2D eigenvalue weighted by atomic mass is 16.5. The Bertz CT molecular complexity index is 580. The van der Waals surface area contributed by atoms with E-state index in [-0.39, 0.29) is 17.2 Å². The van der Waals surface area contributed by atoms with Crippen LogP contribution in [0, 0.1) is 5.41 Å². The molecule has 0 saturated carbocycles. The molecule has 0 radical (unpaired) electrons. The van der Waals surface area contributed by atoms with Crippen molar-refractivity contribution in [2.75, 3.05) is 45.8 Å². The average Bonchev–Trinajstić information content (AvgIpc) is 3.17. The summed E-state index contributed by atoms with van der Waals surface area (Å²) in [6.45, 7) is 16.8. The number of piperazine rings is 1. The van der Waals surface area contributed by atoms with Crippen LogP contribution in [0.25, 0.3) is 0 Å². The zero-order valence-electron chi connectivity index (χ0n) is 22.2. The highest BCUT2D eigenvalue weighted by Gasteiger charge is 2.26. The van der Waals surface area contributed by atoms with Crippen LogP contribution >= 0.6 is 0 Å². The summed E-state index contributed by atoms with van der Waals surface area (Å²) in [5.41, 5.74) is 0.0180. The normalized spacial score (nSPS) is 20.1. The summed E-state index contributed by atoms with van der Waals surface area (Å²) in [4.78, 5) is 31.3. The molecule has 1 unspecified atom stereocenters. The molecule has 2 aliphatic heterocycles. The smallest absolute Gasteiger partial charge is 0.223 e. The third kappa shape index (κ3) is 11.7. The lowest BCUT2D eigenvalue weighted by atomic mass is 9.91. The van der Waals surface area contributed by atoms with Crippen molar-refractivity contribution in [3.8, 4) is 0 Å². The van der Waals surface area contributed by atoms with E-state index in [1.54, 1.807) is 0 Å². The minimum absolute atomic E-state index is 0.0180. The van der Waals surface area contributed by atoms with E-state index in [0.717, 1.165) is 19.4 Å². The summed E-state index contributed by atoms with van der Waals surface area (Å²) in [5.74, 6) is 0.489. The molecule has 0 aromatic carbocycles. The van der Waals surface area contributed by atoms with Gasteiger partial charge in [-0.05, 0) is 45.1 Å². The number of rotatable bonds is 13. The molecule has 0 spiro atoms. The number of carbonyl (C=O) groups excluding carboxylic acids is 2. The van der Waals surface area contributed by atoms with Gasteiger partial charge in [-0.15, -0.1) is 0 Å². The van der Waals surface area contributed by atoms with Crippen molar-refractivity contribution in [3.63, 3.8) is 0 Å². The van der Waals surface area contributed by atoms with Crippen LogP contribution < -0.4 is 0 Å². The first-order valence-electron chi connectivity index (χ1n) is 13.6. The lowest BCUT2D eigenvalue weighted by Crippen LogP contribution is -2.51. The third-order valence-corrected chi connectivity index (χ3v) is 6.73. The minimum Gasteiger partial charge on any atom is -0.374 e. The topological polar surface area (TPSA) is 53.1 Å². The molecular formula is C27H51N3O3. The van der Waals surface area contributed by atoms with Gasteiger partial charge < -0.3 is 19.4 Å². The SMILES string of the molecule is CC(C)OC1CCN(CCCCCCCCCC(=O)N2CCN(C(=O)CC(C)(C)C)CC2)C1. The molecule has 2 fully saturated rings. The second-order valence-corrected chi connectivity index (χ2v) is 11.6. The summed E-state index contributed by atoms with van der Waals surface area (Å²) in [7, 11) is 0. The quantitative estimate of drug-likeness (QED) is 0.370. The first-order valence-corrected chi connectivity index (χ1v) is 13.6. The van der Waals surface area contributed by atoms with Crippen LogP contribution in [0.2, 0.25) is 0 Å². The van der Waals surface area contributed by atoms with Gasteiger partial charge in [-0.25, -0.2) is 0 Å². The maximum Gasteiger partial charge on any atom is 0.223 e. The van der Waals surface area contributed by atoms with Crippen molar-refractivity contribution in [2.24, 2.45) is 5.41 Å². The Morgan fingerprint density at radius 2 is 1.36 bits per heavy atom. The molecule has 0 aliphatic carbocycles. The standard InChI is InChI=1S/C27H51N3O3/c1-23(2)33-24-14-16-28(22-24)15-12-10-8-6-7-9-11-13-25(31)29-17-19-30(20-18-29)26(32)21-27(3,4)5/h23-24H,6-22H2,1-5H3. The number of hydrogen-bond acceptors (Lipinski definition) is 4. The van der Waals surface area contributed by atoms with Crippen LogP contribution in [0.15, 0.2) is 0 Å². The van der Waals surface area contributed by atoms with Gasteiger partial charge in [0.2, 0.25) is 11.8 Å². The van der Waals surface area contributed by atoms with Gasteiger partial charge in [0.05, 0.1) is 12.2 Å². The van der Waals surface area contributed by atoms with Gasteiger partial charge in [-0.3, -0.25) is 9.59 Å². The number of carbonyl (C=O) groups is 2. The molecule has 2 saturated heterocycles. The zero-order valence-corrected chi connectivity index (χ0v) is 22.2. The van der Waals surface area contributed by atoms with Crippen LogP contribution in [0.3, 0.4) is 0 Å². The monoisotopic (exact) mass is 465 g/mol. The van der Waals surface area contributed by atoms with Crippen molar-refractivity contribution in [1.82, 2.24) is 14.7 Å². The van der Waals surface area contributed by atoms with E-state index >= 15 is 0 Å². The first-order chi connectivity index (χ1) is 15.6. The van der Waals surface area contributed by atoms with Gasteiger partial charge in [0.25, 0.3) is 0 Å². The van der Waals surface area contributed by atoms with Gasteiger partial charge in [0.1, 0.15) is 0 Å². The maximum absolute atomic E-state index is 12.5. The molecule has 0 bridgehead atoms. The second kappa shape index (κ2) is 14.3. The Kier molecular flexibility index (Phi) is 12.2. The van der Waals surface area contributed by atoms with Crippen LogP contribution in [0.1, 0.15) is 98.8 Å². The van der Waals surface area contributed by atoms with E-state index in [1.807, 2.05) is 9.80 Å². The van der Waals surface area contributed by atoms with Crippen molar-refractivity contribution < 1.29 is 14.3 Å². The molecule has 0 aromatic rings. The Morgan fingerprint density at radius 3 is 1.94 bits per heavy atom. The molecule has 2 heterocycles. The Balaban J connectivity index is 1.42. The first kappa shape index (κ1) is 28.1. The Labute approximate surface area is 203 Å². The van der Waals surface area contributed by atoms with E-state index < -0.39 is 0 Å². The number of ether oxygens (including phenoxy) is 1. The van der Waals surface area contributed by atoms with E-state index in [4.69, 9.17) is 4.74 Å². The van der Waals surface area contributed by atoms with Gasteiger partial charge >= 0.3 is 0 Å². The summed E-state index contributed by atoms with van der Waals surface area (Å²) in [6, 6.07) is 0. The minimum atomic E-state index is 0.0180. The zero-order chi connectivity index (χ0) is 24.3. The van der Waals surface area contributed by atoms with Gasteiger partial charge in [-0.1, -0.05) is 52.9 Å². The molecule has 2 rings (SSSR count). The van der Waals surface area contributed by atoms with Gasteiger partial charge in [0, 0.05) is 52.1 Å². The molecule has 0 aromatic heterocycles. The molecule has 1 atom stereocenters. The summed E-state index contributed by atoms with van der Waals surface area (Å²) < 4.78 is 5.92. The van der Waals surface area contributed by atoms with Crippen molar-refractivity contribution in [2.45, 2.75) is 111 Å². The lowest BCUT2D eigenvalue weighted by Gasteiger charge is -2.36. The number of amides is 2. The van der Waals surface area contributed by atoms with Crippen LogP contribution in [0.5, 0.6) is 0 Å². The Hall–Kier alpha value is -1.14. The van der Waals surface area contributed by atoms with Crippen molar-refractivity contribution in [3.05, 3.63) is 0 Å². The van der Waals surface area contributed by atoms with E-state index in [1.165, 1.54) is 51.6 Å². The third-order valence-electron chi connectivity index (χ3n) is 6.73. The maximum atomic E-state index is 12.5. The van der Waals surface area contributed by atoms with Crippen LogP contribution in [-0.4, -0.2) is 84.5 Å². The fourth-order valence-corrected chi connectivity index (χ4v) is 4.92. The van der Waals surface area contributed by atoms with E-state index in [9.17, 15) is 9.59 Å². The molecule has 6 nitrogen and oxygen atoms in total. The summed E-state index contributed by atoms with van der Waals surface area (Å²) in [6.07, 6.45) is 11.7. The fraction of sp³-hybridized carbons (Fsp3) is 0.926. The average molecular weight is 466 g/mol. The summed E-state index contributed by atoms with van der Waals surface area (Å²) >= 11 is 0. The molecular weight excluding hydrogens is 414 g/mol. The fourth-order valence-electron chi connectivity index (χ4n) is 4.92. The molecule has 2 aliphatic rings. The van der Waals surface area contributed by atoms with Crippen LogP contribution in [0.4, 0.5) is 0 Å². The molecule has 6 heteroatoms. The molecule has 2 amide bonds.